The molecular weight excluding hydrogens is 374 g/mol. The van der Waals surface area contributed by atoms with Crippen molar-refractivity contribution >= 4 is 29.4 Å². The van der Waals surface area contributed by atoms with Gasteiger partial charge in [0.15, 0.2) is 11.0 Å². The van der Waals surface area contributed by atoms with Gasteiger partial charge in [0.05, 0.1) is 0 Å². The Hall–Kier alpha value is -2.04. The summed E-state index contributed by atoms with van der Waals surface area (Å²) in [6, 6.07) is 18.2. The van der Waals surface area contributed by atoms with E-state index in [4.69, 9.17) is 11.6 Å². The van der Waals surface area contributed by atoms with Crippen LogP contribution < -0.4 is 0 Å². The average molecular weight is 398 g/mol. The van der Waals surface area contributed by atoms with Crippen molar-refractivity contribution in [2.45, 2.75) is 37.9 Å². The lowest BCUT2D eigenvalue weighted by atomic mass is 10.2. The van der Waals surface area contributed by atoms with E-state index in [2.05, 4.69) is 58.1 Å². The van der Waals surface area contributed by atoms with E-state index in [0.29, 0.717) is 0 Å². The average Bonchev–Trinajstić information content (AvgIpc) is 3.10. The van der Waals surface area contributed by atoms with E-state index in [0.717, 1.165) is 40.3 Å². The Morgan fingerprint density at radius 3 is 2.52 bits per heavy atom. The summed E-state index contributed by atoms with van der Waals surface area (Å²) in [4.78, 5) is 0. The van der Waals surface area contributed by atoms with E-state index in [-0.39, 0.29) is 0 Å². The molecule has 3 aromatic rings. The van der Waals surface area contributed by atoms with Gasteiger partial charge in [-0.1, -0.05) is 85.6 Å². The minimum atomic E-state index is 0.733. The van der Waals surface area contributed by atoms with Crippen molar-refractivity contribution < 1.29 is 0 Å². The highest BCUT2D eigenvalue weighted by Gasteiger charge is 2.13. The summed E-state index contributed by atoms with van der Waals surface area (Å²) in [5.74, 6) is 1.78. The summed E-state index contributed by atoms with van der Waals surface area (Å²) in [5.41, 5.74) is 2.26. The smallest absolute Gasteiger partial charge is 0.191 e. The van der Waals surface area contributed by atoms with Gasteiger partial charge < -0.3 is 4.57 Å². The van der Waals surface area contributed by atoms with Crippen LogP contribution in [0.1, 0.15) is 31.7 Å². The van der Waals surface area contributed by atoms with Crippen LogP contribution in [0.3, 0.4) is 0 Å². The van der Waals surface area contributed by atoms with E-state index in [1.54, 1.807) is 11.8 Å². The zero-order valence-electron chi connectivity index (χ0n) is 15.5. The Kier molecular flexibility index (Phi) is 7.55. The first-order chi connectivity index (χ1) is 13.3. The molecule has 0 aliphatic heterocycles. The van der Waals surface area contributed by atoms with E-state index >= 15 is 0 Å². The molecule has 0 fully saturated rings. The van der Waals surface area contributed by atoms with Gasteiger partial charge in [-0.15, -0.1) is 10.2 Å². The molecule has 1 heterocycles. The second-order valence-electron chi connectivity index (χ2n) is 6.30. The molecule has 0 radical (unpaired) electrons. The summed E-state index contributed by atoms with van der Waals surface area (Å²) >= 11 is 7.75. The number of benzene rings is 2. The van der Waals surface area contributed by atoms with Crippen molar-refractivity contribution in [1.29, 1.82) is 0 Å². The predicted molar refractivity (Wildman–Crippen MR) is 116 cm³/mol. The van der Waals surface area contributed by atoms with Crippen LogP contribution in [-0.2, 0) is 6.54 Å². The molecule has 0 aliphatic carbocycles. The van der Waals surface area contributed by atoms with Crippen LogP contribution in [0.4, 0.5) is 0 Å². The number of nitrogens with zero attached hydrogens (tertiary/aromatic N) is 3. The molecule has 0 saturated heterocycles. The van der Waals surface area contributed by atoms with Crippen LogP contribution in [0.5, 0.6) is 0 Å². The van der Waals surface area contributed by atoms with Crippen molar-refractivity contribution in [2.75, 3.05) is 5.75 Å². The van der Waals surface area contributed by atoms with Crippen LogP contribution >= 0.6 is 23.4 Å². The van der Waals surface area contributed by atoms with E-state index < -0.39 is 0 Å². The first-order valence-corrected chi connectivity index (χ1v) is 10.7. The van der Waals surface area contributed by atoms with E-state index in [1.165, 1.54) is 18.4 Å². The second-order valence-corrected chi connectivity index (χ2v) is 7.72. The molecule has 0 amide bonds. The molecule has 0 unspecified atom stereocenters. The molecule has 1 aromatic heterocycles. The summed E-state index contributed by atoms with van der Waals surface area (Å²) in [5, 5.41) is 10.6. The fourth-order valence-electron chi connectivity index (χ4n) is 2.80. The third-order valence-corrected chi connectivity index (χ3v) is 5.39. The molecular formula is C22H24ClN3S. The number of halogens is 1. The molecule has 3 rings (SSSR count). The fraction of sp³-hybridized carbons (Fsp3) is 0.273. The van der Waals surface area contributed by atoms with E-state index in [9.17, 15) is 0 Å². The lowest BCUT2D eigenvalue weighted by Gasteiger charge is -2.09. The molecule has 5 heteroatoms. The maximum absolute atomic E-state index is 6.03. The lowest BCUT2D eigenvalue weighted by molar-refractivity contribution is 0.570. The fourth-order valence-corrected chi connectivity index (χ4v) is 3.70. The summed E-state index contributed by atoms with van der Waals surface area (Å²) in [7, 11) is 0. The zero-order valence-corrected chi connectivity index (χ0v) is 17.1. The van der Waals surface area contributed by atoms with Crippen molar-refractivity contribution in [3.05, 3.63) is 71.3 Å². The Labute approximate surface area is 170 Å². The number of aromatic nitrogens is 3. The standard InChI is InChI=1S/C22H24ClN3S/c1-2-3-7-16-26-21(19-12-14-20(23)15-13-19)24-25-22(26)27-17-8-11-18-9-5-4-6-10-18/h4-6,8-15H,2-3,7,16-17H2,1H3/b11-8+. The first-order valence-electron chi connectivity index (χ1n) is 9.31. The van der Waals surface area contributed by atoms with Crippen molar-refractivity contribution in [1.82, 2.24) is 14.8 Å². The lowest BCUT2D eigenvalue weighted by Crippen LogP contribution is -2.03. The van der Waals surface area contributed by atoms with Crippen LogP contribution in [0.15, 0.2) is 65.8 Å². The van der Waals surface area contributed by atoms with Crippen LogP contribution in [0.25, 0.3) is 17.5 Å². The Morgan fingerprint density at radius 2 is 1.78 bits per heavy atom. The van der Waals surface area contributed by atoms with Gasteiger partial charge in [-0.05, 0) is 36.2 Å². The molecule has 2 aromatic carbocycles. The molecule has 0 saturated carbocycles. The number of unbranched alkanes of at least 4 members (excludes halogenated alkanes) is 2. The van der Waals surface area contributed by atoms with E-state index in [1.807, 2.05) is 30.3 Å². The van der Waals surface area contributed by atoms with Crippen LogP contribution in [0.2, 0.25) is 5.02 Å². The Bertz CT molecular complexity index is 857. The van der Waals surface area contributed by atoms with Gasteiger partial charge in [0, 0.05) is 22.9 Å². The predicted octanol–water partition coefficient (Wildman–Crippen LogP) is 6.59. The van der Waals surface area contributed by atoms with Gasteiger partial charge in [-0.25, -0.2) is 0 Å². The molecule has 0 spiro atoms. The summed E-state index contributed by atoms with van der Waals surface area (Å²) in [6.07, 6.45) is 7.84. The Morgan fingerprint density at radius 1 is 1.00 bits per heavy atom. The highest BCUT2D eigenvalue weighted by Crippen LogP contribution is 2.26. The molecule has 140 valence electrons. The quantitative estimate of drug-likeness (QED) is 0.301. The van der Waals surface area contributed by atoms with Crippen LogP contribution in [0, 0.1) is 0 Å². The molecule has 0 N–H and O–H groups in total. The largest absolute Gasteiger partial charge is 0.302 e. The summed E-state index contributed by atoms with van der Waals surface area (Å²) in [6.45, 7) is 3.15. The van der Waals surface area contributed by atoms with Gasteiger partial charge >= 0.3 is 0 Å². The number of thioether (sulfide) groups is 1. The molecule has 27 heavy (non-hydrogen) atoms. The SMILES string of the molecule is CCCCCn1c(SC/C=C/c2ccccc2)nnc1-c1ccc(Cl)cc1. The normalized spacial score (nSPS) is 11.3. The van der Waals surface area contributed by atoms with Gasteiger partial charge in [0.25, 0.3) is 0 Å². The Balaban J connectivity index is 1.73. The maximum atomic E-state index is 6.03. The second kappa shape index (κ2) is 10.3. The topological polar surface area (TPSA) is 30.7 Å². The number of hydrogen-bond acceptors (Lipinski definition) is 3. The van der Waals surface area contributed by atoms with Crippen molar-refractivity contribution in [2.24, 2.45) is 0 Å². The highest BCUT2D eigenvalue weighted by molar-refractivity contribution is 7.99. The third kappa shape index (κ3) is 5.72. The van der Waals surface area contributed by atoms with Gasteiger partial charge in [0.2, 0.25) is 0 Å². The minimum absolute atomic E-state index is 0.733. The molecule has 0 bridgehead atoms. The first kappa shape index (κ1) is 19.7. The molecule has 0 atom stereocenters. The molecule has 3 nitrogen and oxygen atoms in total. The zero-order chi connectivity index (χ0) is 18.9. The third-order valence-electron chi connectivity index (χ3n) is 4.22. The van der Waals surface area contributed by atoms with Gasteiger partial charge in [-0.3, -0.25) is 0 Å². The molecule has 0 aliphatic rings. The van der Waals surface area contributed by atoms with Crippen molar-refractivity contribution in [3.8, 4) is 11.4 Å². The number of hydrogen-bond donors (Lipinski definition) is 0. The monoisotopic (exact) mass is 397 g/mol. The van der Waals surface area contributed by atoms with Crippen molar-refractivity contribution in [3.63, 3.8) is 0 Å². The van der Waals surface area contributed by atoms with Crippen LogP contribution in [-0.4, -0.2) is 20.5 Å². The van der Waals surface area contributed by atoms with Gasteiger partial charge in [-0.2, -0.15) is 0 Å². The van der Waals surface area contributed by atoms with Gasteiger partial charge in [0.1, 0.15) is 0 Å². The maximum Gasteiger partial charge on any atom is 0.191 e. The minimum Gasteiger partial charge on any atom is -0.302 e. The number of rotatable bonds is 9. The highest BCUT2D eigenvalue weighted by atomic mass is 35.5. The summed E-state index contributed by atoms with van der Waals surface area (Å²) < 4.78 is 2.24.